The Hall–Kier alpha value is -2.96. The fourth-order valence-corrected chi connectivity index (χ4v) is 2.07. The number of nitrogens with zero attached hydrogens (tertiary/aromatic N) is 3. The van der Waals surface area contributed by atoms with E-state index in [0.717, 1.165) is 16.6 Å². The molecule has 126 valence electrons. The number of aliphatic carboxylic acids is 1. The molecule has 24 heavy (non-hydrogen) atoms. The highest BCUT2D eigenvalue weighted by atomic mass is 16.4. The standard InChI is InChI=1S/C15H15N5O2.C2H6/c1-15(2,14(21)22)20-11-5-7-17-13(19-11)10-8-18-12-9(10)4-3-6-16-12;1-2/h3-8H,1-2H3,(H,16,18)(H,21,22)(H,17,19,20);1-2H3. The van der Waals surface area contributed by atoms with Crippen LogP contribution in [0.1, 0.15) is 27.7 Å². The maximum atomic E-state index is 11.2. The van der Waals surface area contributed by atoms with E-state index < -0.39 is 11.5 Å². The Kier molecular flexibility index (Phi) is 5.13. The molecule has 0 aromatic carbocycles. The van der Waals surface area contributed by atoms with E-state index in [-0.39, 0.29) is 0 Å². The largest absolute Gasteiger partial charge is 0.480 e. The Labute approximate surface area is 140 Å². The van der Waals surface area contributed by atoms with Crippen molar-refractivity contribution in [2.45, 2.75) is 33.2 Å². The van der Waals surface area contributed by atoms with Gasteiger partial charge in [0.1, 0.15) is 17.0 Å². The van der Waals surface area contributed by atoms with Crippen LogP contribution in [0.25, 0.3) is 22.4 Å². The van der Waals surface area contributed by atoms with Gasteiger partial charge in [-0.05, 0) is 32.0 Å². The van der Waals surface area contributed by atoms with Crippen molar-refractivity contribution in [1.29, 1.82) is 0 Å². The third kappa shape index (κ3) is 3.51. The second-order valence-electron chi connectivity index (χ2n) is 5.42. The predicted molar refractivity (Wildman–Crippen MR) is 93.8 cm³/mol. The average molecular weight is 327 g/mol. The Morgan fingerprint density at radius 3 is 2.67 bits per heavy atom. The summed E-state index contributed by atoms with van der Waals surface area (Å²) in [5.41, 5.74) is 0.457. The molecule has 0 aliphatic heterocycles. The maximum absolute atomic E-state index is 11.2. The molecule has 0 unspecified atom stereocenters. The number of pyridine rings is 1. The van der Waals surface area contributed by atoms with Crippen LogP contribution in [-0.2, 0) is 4.79 Å². The van der Waals surface area contributed by atoms with E-state index in [9.17, 15) is 9.90 Å². The monoisotopic (exact) mass is 327 g/mol. The summed E-state index contributed by atoms with van der Waals surface area (Å²) in [6.07, 6.45) is 5.09. The number of rotatable bonds is 4. The summed E-state index contributed by atoms with van der Waals surface area (Å²) in [6.45, 7) is 7.15. The molecule has 0 radical (unpaired) electrons. The first-order valence-corrected chi connectivity index (χ1v) is 7.74. The van der Waals surface area contributed by atoms with Gasteiger partial charge >= 0.3 is 5.97 Å². The fraction of sp³-hybridized carbons (Fsp3) is 0.294. The molecule has 3 N–H and O–H groups in total. The first-order chi connectivity index (χ1) is 11.5. The number of aromatic nitrogens is 4. The van der Waals surface area contributed by atoms with Gasteiger partial charge in [-0.25, -0.2) is 19.7 Å². The number of nitrogens with one attached hydrogen (secondary N) is 2. The molecular formula is C17H21N5O2. The topological polar surface area (TPSA) is 104 Å². The summed E-state index contributed by atoms with van der Waals surface area (Å²) in [4.78, 5) is 27.1. The smallest absolute Gasteiger partial charge is 0.328 e. The van der Waals surface area contributed by atoms with E-state index in [1.165, 1.54) is 0 Å². The molecule has 7 heteroatoms. The molecule has 0 amide bonds. The van der Waals surface area contributed by atoms with Gasteiger partial charge in [0.25, 0.3) is 0 Å². The highest BCUT2D eigenvalue weighted by Gasteiger charge is 2.27. The number of hydrogen-bond acceptors (Lipinski definition) is 5. The third-order valence-corrected chi connectivity index (χ3v) is 3.32. The molecule has 0 fully saturated rings. The van der Waals surface area contributed by atoms with Crippen LogP contribution >= 0.6 is 0 Å². The predicted octanol–water partition coefficient (Wildman–Crippen LogP) is 3.32. The van der Waals surface area contributed by atoms with Gasteiger partial charge in [0.15, 0.2) is 5.82 Å². The zero-order valence-electron chi connectivity index (χ0n) is 14.2. The van der Waals surface area contributed by atoms with Gasteiger partial charge in [-0.1, -0.05) is 13.8 Å². The molecule has 0 aliphatic rings. The molecule has 3 aromatic rings. The van der Waals surface area contributed by atoms with E-state index in [1.54, 1.807) is 38.5 Å². The number of H-pyrrole nitrogens is 1. The molecule has 3 rings (SSSR count). The van der Waals surface area contributed by atoms with Crippen LogP contribution in [0.4, 0.5) is 5.82 Å². The van der Waals surface area contributed by atoms with E-state index >= 15 is 0 Å². The Balaban J connectivity index is 0.00000100. The lowest BCUT2D eigenvalue weighted by Gasteiger charge is -2.21. The van der Waals surface area contributed by atoms with E-state index in [2.05, 4.69) is 25.3 Å². The minimum absolute atomic E-state index is 0.454. The van der Waals surface area contributed by atoms with Crippen molar-refractivity contribution in [2.75, 3.05) is 5.32 Å². The summed E-state index contributed by atoms with van der Waals surface area (Å²) in [6, 6.07) is 5.41. The molecule has 0 spiro atoms. The first kappa shape index (κ1) is 17.4. The highest BCUT2D eigenvalue weighted by Crippen LogP contribution is 2.25. The Bertz CT molecular complexity index is 842. The van der Waals surface area contributed by atoms with Crippen LogP contribution < -0.4 is 5.32 Å². The second-order valence-corrected chi connectivity index (χ2v) is 5.42. The molecule has 3 heterocycles. The first-order valence-electron chi connectivity index (χ1n) is 7.74. The van der Waals surface area contributed by atoms with Crippen molar-refractivity contribution in [3.63, 3.8) is 0 Å². The van der Waals surface area contributed by atoms with E-state index in [4.69, 9.17) is 0 Å². The minimum Gasteiger partial charge on any atom is -0.480 e. The number of aromatic amines is 1. The minimum atomic E-state index is -1.12. The number of carboxylic acid groups (broad SMARTS) is 1. The molecular weight excluding hydrogens is 306 g/mol. The zero-order valence-corrected chi connectivity index (χ0v) is 14.2. The van der Waals surface area contributed by atoms with Crippen molar-refractivity contribution in [2.24, 2.45) is 0 Å². The normalized spacial score (nSPS) is 10.8. The third-order valence-electron chi connectivity index (χ3n) is 3.32. The van der Waals surface area contributed by atoms with E-state index in [0.29, 0.717) is 11.6 Å². The fourth-order valence-electron chi connectivity index (χ4n) is 2.07. The van der Waals surface area contributed by atoms with Gasteiger partial charge in [0.2, 0.25) is 0 Å². The van der Waals surface area contributed by atoms with Crippen LogP contribution in [0.15, 0.2) is 36.8 Å². The quantitative estimate of drug-likeness (QED) is 0.679. The molecule has 7 nitrogen and oxygen atoms in total. The number of carboxylic acids is 1. The van der Waals surface area contributed by atoms with Crippen molar-refractivity contribution in [1.82, 2.24) is 19.9 Å². The van der Waals surface area contributed by atoms with Gasteiger partial charge in [-0.2, -0.15) is 0 Å². The van der Waals surface area contributed by atoms with Crippen LogP contribution in [0, 0.1) is 0 Å². The number of carbonyl (C=O) groups is 1. The van der Waals surface area contributed by atoms with Crippen LogP contribution in [0.3, 0.4) is 0 Å². The van der Waals surface area contributed by atoms with Gasteiger partial charge in [0, 0.05) is 29.5 Å². The maximum Gasteiger partial charge on any atom is 0.328 e. The summed E-state index contributed by atoms with van der Waals surface area (Å²) >= 11 is 0. The number of anilines is 1. The number of fused-ring (bicyclic) bond motifs is 1. The van der Waals surface area contributed by atoms with Crippen molar-refractivity contribution >= 4 is 22.8 Å². The van der Waals surface area contributed by atoms with Gasteiger partial charge < -0.3 is 15.4 Å². The molecule has 0 atom stereocenters. The van der Waals surface area contributed by atoms with Crippen molar-refractivity contribution in [3.8, 4) is 11.4 Å². The van der Waals surface area contributed by atoms with Crippen LogP contribution in [0.2, 0.25) is 0 Å². The number of hydrogen-bond donors (Lipinski definition) is 3. The molecule has 0 saturated heterocycles. The van der Waals surface area contributed by atoms with Crippen molar-refractivity contribution in [3.05, 3.63) is 36.8 Å². The lowest BCUT2D eigenvalue weighted by atomic mass is 10.1. The summed E-state index contributed by atoms with van der Waals surface area (Å²) in [7, 11) is 0. The molecule has 0 saturated carbocycles. The summed E-state index contributed by atoms with van der Waals surface area (Å²) in [5.74, 6) is 0.00466. The van der Waals surface area contributed by atoms with Crippen LogP contribution in [-0.4, -0.2) is 36.6 Å². The van der Waals surface area contributed by atoms with Crippen molar-refractivity contribution < 1.29 is 9.90 Å². The van der Waals surface area contributed by atoms with Gasteiger partial charge in [-0.3, -0.25) is 0 Å². The lowest BCUT2D eigenvalue weighted by molar-refractivity contribution is -0.141. The average Bonchev–Trinajstić information content (AvgIpc) is 3.00. The SMILES string of the molecule is CC.CC(C)(Nc1ccnc(-c2c[nH]c3ncccc23)n1)C(=O)O. The summed E-state index contributed by atoms with van der Waals surface area (Å²) in [5, 5.41) is 13.0. The molecule has 0 bridgehead atoms. The molecule has 0 aliphatic carbocycles. The van der Waals surface area contributed by atoms with Gasteiger partial charge in [-0.15, -0.1) is 0 Å². The second kappa shape index (κ2) is 7.08. The van der Waals surface area contributed by atoms with E-state index in [1.807, 2.05) is 26.0 Å². The molecule has 3 aromatic heterocycles. The highest BCUT2D eigenvalue weighted by molar-refractivity contribution is 5.91. The van der Waals surface area contributed by atoms with Crippen LogP contribution in [0.5, 0.6) is 0 Å². The Morgan fingerprint density at radius 1 is 1.21 bits per heavy atom. The lowest BCUT2D eigenvalue weighted by Crippen LogP contribution is -2.40. The zero-order chi connectivity index (χ0) is 17.7. The Morgan fingerprint density at radius 2 is 1.96 bits per heavy atom. The van der Waals surface area contributed by atoms with Gasteiger partial charge in [0.05, 0.1) is 0 Å². The summed E-state index contributed by atoms with van der Waals surface area (Å²) < 4.78 is 0.